The first-order valence-corrected chi connectivity index (χ1v) is 5.91. The number of carbonyl (C=O) groups excluding carboxylic acids is 1. The van der Waals surface area contributed by atoms with Gasteiger partial charge in [-0.3, -0.25) is 14.9 Å². The number of carbonyl (C=O) groups is 1. The first-order valence-electron chi connectivity index (χ1n) is 5.91. The van der Waals surface area contributed by atoms with Gasteiger partial charge in [-0.15, -0.1) is 0 Å². The highest BCUT2D eigenvalue weighted by Crippen LogP contribution is 2.22. The Balaban J connectivity index is 2.87. The van der Waals surface area contributed by atoms with Gasteiger partial charge in [0, 0.05) is 37.1 Å². The Bertz CT molecular complexity index is 490. The molecular weight excluding hydrogens is 248 g/mol. The van der Waals surface area contributed by atoms with Gasteiger partial charge < -0.3 is 16.0 Å². The normalized spacial score (nSPS) is 11.7. The average Bonchev–Trinajstić information content (AvgIpc) is 2.35. The Hall–Kier alpha value is -2.31. The number of nitrogens with one attached hydrogen (secondary N) is 1. The largest absolute Gasteiger partial charge is 0.398 e. The molecule has 1 unspecified atom stereocenters. The highest BCUT2D eigenvalue weighted by Gasteiger charge is 2.17. The molecule has 0 spiro atoms. The fourth-order valence-electron chi connectivity index (χ4n) is 1.62. The lowest BCUT2D eigenvalue weighted by Crippen LogP contribution is -2.38. The number of anilines is 2. The van der Waals surface area contributed by atoms with E-state index in [1.807, 2.05) is 6.92 Å². The molecule has 104 valence electrons. The maximum atomic E-state index is 11.9. The SMILES string of the molecule is CCN(C)C(=O)C(C)Nc1cc(N)cc([N+](=O)[O-])c1. The van der Waals surface area contributed by atoms with Crippen molar-refractivity contribution in [3.05, 3.63) is 28.3 Å². The molecule has 0 aliphatic rings. The van der Waals surface area contributed by atoms with Crippen LogP contribution in [0.1, 0.15) is 13.8 Å². The molecule has 7 nitrogen and oxygen atoms in total. The monoisotopic (exact) mass is 266 g/mol. The molecule has 1 rings (SSSR count). The van der Waals surface area contributed by atoms with Crippen molar-refractivity contribution in [1.82, 2.24) is 4.90 Å². The molecule has 1 atom stereocenters. The van der Waals surface area contributed by atoms with E-state index in [9.17, 15) is 14.9 Å². The first kappa shape index (κ1) is 14.7. The van der Waals surface area contributed by atoms with Crippen molar-refractivity contribution in [2.45, 2.75) is 19.9 Å². The van der Waals surface area contributed by atoms with Crippen molar-refractivity contribution in [3.8, 4) is 0 Å². The van der Waals surface area contributed by atoms with Crippen LogP contribution in [0.4, 0.5) is 17.1 Å². The Kier molecular flexibility index (Phi) is 4.68. The number of nitrogen functional groups attached to an aromatic ring is 1. The number of hydrogen-bond acceptors (Lipinski definition) is 5. The number of hydrogen-bond donors (Lipinski definition) is 2. The molecule has 0 aliphatic heterocycles. The summed E-state index contributed by atoms with van der Waals surface area (Å²) in [6, 6.07) is 3.70. The number of nitrogens with zero attached hydrogens (tertiary/aromatic N) is 2. The number of benzene rings is 1. The summed E-state index contributed by atoms with van der Waals surface area (Å²) in [6.07, 6.45) is 0. The van der Waals surface area contributed by atoms with Gasteiger partial charge in [0.1, 0.15) is 6.04 Å². The second kappa shape index (κ2) is 6.03. The van der Waals surface area contributed by atoms with Crippen LogP contribution in [0.3, 0.4) is 0 Å². The van der Waals surface area contributed by atoms with E-state index < -0.39 is 11.0 Å². The molecule has 0 saturated carbocycles. The van der Waals surface area contributed by atoms with Crippen molar-refractivity contribution < 1.29 is 9.72 Å². The van der Waals surface area contributed by atoms with Crippen LogP contribution in [-0.2, 0) is 4.79 Å². The lowest BCUT2D eigenvalue weighted by atomic mass is 10.2. The topological polar surface area (TPSA) is 102 Å². The molecule has 19 heavy (non-hydrogen) atoms. The zero-order valence-corrected chi connectivity index (χ0v) is 11.2. The van der Waals surface area contributed by atoms with Gasteiger partial charge in [-0.2, -0.15) is 0 Å². The molecule has 3 N–H and O–H groups in total. The average molecular weight is 266 g/mol. The smallest absolute Gasteiger partial charge is 0.273 e. The molecule has 0 radical (unpaired) electrons. The third-order valence-corrected chi connectivity index (χ3v) is 2.76. The van der Waals surface area contributed by atoms with Crippen LogP contribution in [0.2, 0.25) is 0 Å². The number of likely N-dealkylation sites (N-methyl/N-ethyl adjacent to an activating group) is 1. The summed E-state index contributed by atoms with van der Waals surface area (Å²) in [5.74, 6) is -0.0902. The third-order valence-electron chi connectivity index (χ3n) is 2.76. The summed E-state index contributed by atoms with van der Waals surface area (Å²) < 4.78 is 0. The van der Waals surface area contributed by atoms with E-state index in [0.717, 1.165) is 0 Å². The van der Waals surface area contributed by atoms with E-state index in [-0.39, 0.29) is 17.3 Å². The van der Waals surface area contributed by atoms with Crippen molar-refractivity contribution >= 4 is 23.0 Å². The van der Waals surface area contributed by atoms with Gasteiger partial charge in [-0.25, -0.2) is 0 Å². The quantitative estimate of drug-likeness (QED) is 0.477. The summed E-state index contributed by atoms with van der Waals surface area (Å²) >= 11 is 0. The second-order valence-electron chi connectivity index (χ2n) is 4.29. The molecular formula is C12H18N4O3. The summed E-state index contributed by atoms with van der Waals surface area (Å²) in [4.78, 5) is 23.7. The fourth-order valence-corrected chi connectivity index (χ4v) is 1.62. The number of nitro benzene ring substituents is 1. The van der Waals surface area contributed by atoms with Crippen molar-refractivity contribution in [3.63, 3.8) is 0 Å². The van der Waals surface area contributed by atoms with Gasteiger partial charge in [0.2, 0.25) is 5.91 Å². The number of non-ortho nitro benzene ring substituents is 1. The van der Waals surface area contributed by atoms with E-state index >= 15 is 0 Å². The highest BCUT2D eigenvalue weighted by atomic mass is 16.6. The van der Waals surface area contributed by atoms with Gasteiger partial charge in [-0.1, -0.05) is 0 Å². The molecule has 0 bridgehead atoms. The molecule has 1 amide bonds. The van der Waals surface area contributed by atoms with Crippen LogP contribution in [0.25, 0.3) is 0 Å². The predicted molar refractivity (Wildman–Crippen MR) is 73.9 cm³/mol. The second-order valence-corrected chi connectivity index (χ2v) is 4.29. The lowest BCUT2D eigenvalue weighted by molar-refractivity contribution is -0.384. The maximum Gasteiger partial charge on any atom is 0.273 e. The van der Waals surface area contributed by atoms with Gasteiger partial charge >= 0.3 is 0 Å². The Morgan fingerprint density at radius 1 is 1.53 bits per heavy atom. The lowest BCUT2D eigenvalue weighted by Gasteiger charge is -2.21. The Labute approximate surface area is 111 Å². The predicted octanol–water partition coefficient (Wildman–Crippen LogP) is 1.46. The van der Waals surface area contributed by atoms with E-state index in [2.05, 4.69) is 5.32 Å². The third kappa shape index (κ3) is 3.84. The summed E-state index contributed by atoms with van der Waals surface area (Å²) in [7, 11) is 1.70. The standard InChI is InChI=1S/C12H18N4O3/c1-4-15(3)12(17)8(2)14-10-5-9(13)6-11(7-10)16(18)19/h5-8,14H,4,13H2,1-3H3. The molecule has 0 heterocycles. The molecule has 0 aliphatic carbocycles. The molecule has 1 aromatic rings. The van der Waals surface area contributed by atoms with E-state index in [0.29, 0.717) is 12.2 Å². The van der Waals surface area contributed by atoms with Gasteiger partial charge in [0.05, 0.1) is 4.92 Å². The zero-order valence-electron chi connectivity index (χ0n) is 11.2. The maximum absolute atomic E-state index is 11.9. The Morgan fingerprint density at radius 2 is 2.16 bits per heavy atom. The number of rotatable bonds is 5. The van der Waals surface area contributed by atoms with Crippen molar-refractivity contribution in [1.29, 1.82) is 0 Å². The van der Waals surface area contributed by atoms with E-state index in [4.69, 9.17) is 5.73 Å². The molecule has 1 aromatic carbocycles. The minimum atomic E-state index is -0.522. The zero-order chi connectivity index (χ0) is 14.6. The molecule has 7 heteroatoms. The van der Waals surface area contributed by atoms with E-state index in [1.165, 1.54) is 12.1 Å². The molecule has 0 fully saturated rings. The molecule has 0 saturated heterocycles. The summed E-state index contributed by atoms with van der Waals surface area (Å²) in [5, 5.41) is 13.6. The number of nitro groups is 1. The van der Waals surface area contributed by atoms with Crippen LogP contribution in [0, 0.1) is 10.1 Å². The first-order chi connectivity index (χ1) is 8.85. The summed E-state index contributed by atoms with van der Waals surface area (Å²) in [6.45, 7) is 4.17. The Morgan fingerprint density at radius 3 is 2.68 bits per heavy atom. The number of amides is 1. The van der Waals surface area contributed by atoms with Crippen LogP contribution in [0.5, 0.6) is 0 Å². The number of nitrogens with two attached hydrogens (primary N) is 1. The summed E-state index contributed by atoms with van der Waals surface area (Å²) in [5.41, 5.74) is 6.22. The van der Waals surface area contributed by atoms with Crippen LogP contribution < -0.4 is 11.1 Å². The highest BCUT2D eigenvalue weighted by molar-refractivity contribution is 5.84. The minimum Gasteiger partial charge on any atom is -0.398 e. The van der Waals surface area contributed by atoms with Crippen molar-refractivity contribution in [2.24, 2.45) is 0 Å². The van der Waals surface area contributed by atoms with Crippen LogP contribution in [0.15, 0.2) is 18.2 Å². The van der Waals surface area contributed by atoms with Crippen LogP contribution in [-0.4, -0.2) is 35.4 Å². The van der Waals surface area contributed by atoms with Gasteiger partial charge in [-0.05, 0) is 19.9 Å². The fraction of sp³-hybridized carbons (Fsp3) is 0.417. The van der Waals surface area contributed by atoms with Crippen LogP contribution >= 0.6 is 0 Å². The van der Waals surface area contributed by atoms with Gasteiger partial charge in [0.25, 0.3) is 5.69 Å². The van der Waals surface area contributed by atoms with Crippen molar-refractivity contribution in [2.75, 3.05) is 24.6 Å². The minimum absolute atomic E-state index is 0.0902. The van der Waals surface area contributed by atoms with E-state index in [1.54, 1.807) is 24.9 Å². The molecule has 0 aromatic heterocycles. The van der Waals surface area contributed by atoms with Gasteiger partial charge in [0.15, 0.2) is 0 Å².